The van der Waals surface area contributed by atoms with Crippen LogP contribution in [0.2, 0.25) is 0 Å². The molecule has 116 valence electrons. The number of benzene rings is 1. The molecule has 2 atom stereocenters. The van der Waals surface area contributed by atoms with Gasteiger partial charge in [-0.25, -0.2) is 8.42 Å². The van der Waals surface area contributed by atoms with Crippen molar-refractivity contribution >= 4 is 33.4 Å². The van der Waals surface area contributed by atoms with Gasteiger partial charge in [0.05, 0.1) is 28.9 Å². The van der Waals surface area contributed by atoms with Crippen molar-refractivity contribution in [3.8, 4) is 0 Å². The molecule has 0 bridgehead atoms. The first-order valence-corrected chi connectivity index (χ1v) is 8.96. The van der Waals surface area contributed by atoms with E-state index >= 15 is 0 Å². The number of nitrogens with zero attached hydrogens (tertiary/aromatic N) is 3. The standard InChI is InChI=1S/C15H17N3O3S/c1-11-14(9-16-12-7-8-22(20,21)10-12)15(19)18(17-11)13-5-3-2-4-6-13/h2-6,9,12,14H,7-8,10H2,1H3/t12-,14-/m1/s1. The lowest BCUT2D eigenvalue weighted by Crippen LogP contribution is -2.28. The Bertz CT molecular complexity index is 741. The summed E-state index contributed by atoms with van der Waals surface area (Å²) in [4.78, 5) is 16.7. The largest absolute Gasteiger partial charge is 0.292 e. The SMILES string of the molecule is CC1=NN(c2ccccc2)C(=O)[C@@H]1C=N[C@@H]1CCS(=O)(=O)C1. The second kappa shape index (κ2) is 5.64. The van der Waals surface area contributed by atoms with E-state index in [9.17, 15) is 13.2 Å². The van der Waals surface area contributed by atoms with Crippen molar-refractivity contribution in [1.82, 2.24) is 0 Å². The predicted molar refractivity (Wildman–Crippen MR) is 86.1 cm³/mol. The van der Waals surface area contributed by atoms with Crippen molar-refractivity contribution in [1.29, 1.82) is 0 Å². The Kier molecular flexibility index (Phi) is 3.82. The number of aliphatic imine (C=N–C) groups is 1. The molecule has 7 heteroatoms. The van der Waals surface area contributed by atoms with E-state index in [2.05, 4.69) is 10.1 Å². The summed E-state index contributed by atoms with van der Waals surface area (Å²) in [5.41, 5.74) is 1.38. The van der Waals surface area contributed by atoms with Gasteiger partial charge in [0.25, 0.3) is 5.91 Å². The molecule has 0 N–H and O–H groups in total. The quantitative estimate of drug-likeness (QED) is 0.787. The number of para-hydroxylation sites is 1. The second-order valence-corrected chi connectivity index (χ2v) is 7.79. The summed E-state index contributed by atoms with van der Waals surface area (Å²) in [6, 6.07) is 8.96. The van der Waals surface area contributed by atoms with E-state index in [0.717, 1.165) is 0 Å². The molecule has 0 saturated carbocycles. The van der Waals surface area contributed by atoms with Crippen LogP contribution in [0.4, 0.5) is 5.69 Å². The highest BCUT2D eigenvalue weighted by Crippen LogP contribution is 2.23. The first-order valence-electron chi connectivity index (χ1n) is 7.14. The fourth-order valence-electron chi connectivity index (χ4n) is 2.61. The van der Waals surface area contributed by atoms with Gasteiger partial charge in [0.2, 0.25) is 0 Å². The normalized spacial score (nSPS) is 27.6. The van der Waals surface area contributed by atoms with E-state index in [1.807, 2.05) is 30.3 Å². The molecule has 1 saturated heterocycles. The van der Waals surface area contributed by atoms with Crippen LogP contribution in [-0.2, 0) is 14.6 Å². The van der Waals surface area contributed by atoms with Gasteiger partial charge in [-0.1, -0.05) is 18.2 Å². The summed E-state index contributed by atoms with van der Waals surface area (Å²) in [5, 5.41) is 5.66. The lowest BCUT2D eigenvalue weighted by Gasteiger charge is -2.12. The Balaban J connectivity index is 1.74. The number of carbonyl (C=O) groups excluding carboxylic acids is 1. The fourth-order valence-corrected chi connectivity index (χ4v) is 4.24. The number of hydrazone groups is 1. The molecule has 2 heterocycles. The summed E-state index contributed by atoms with van der Waals surface area (Å²) in [5.74, 6) is -0.420. The maximum Gasteiger partial charge on any atom is 0.261 e. The molecule has 1 aromatic carbocycles. The van der Waals surface area contributed by atoms with Crippen molar-refractivity contribution in [2.24, 2.45) is 16.0 Å². The van der Waals surface area contributed by atoms with Gasteiger partial charge in [0, 0.05) is 6.21 Å². The third-order valence-electron chi connectivity index (χ3n) is 3.84. The molecule has 1 amide bonds. The summed E-state index contributed by atoms with van der Waals surface area (Å²) in [6.07, 6.45) is 2.08. The third kappa shape index (κ3) is 2.94. The number of rotatable bonds is 3. The van der Waals surface area contributed by atoms with Crippen molar-refractivity contribution in [2.75, 3.05) is 16.5 Å². The van der Waals surface area contributed by atoms with Gasteiger partial charge in [0.1, 0.15) is 5.92 Å². The van der Waals surface area contributed by atoms with Crippen LogP contribution in [0.15, 0.2) is 40.4 Å². The highest BCUT2D eigenvalue weighted by molar-refractivity contribution is 7.91. The number of amides is 1. The average molecular weight is 319 g/mol. The van der Waals surface area contributed by atoms with Crippen molar-refractivity contribution < 1.29 is 13.2 Å². The minimum absolute atomic E-state index is 0.0724. The van der Waals surface area contributed by atoms with Gasteiger partial charge in [-0.2, -0.15) is 10.1 Å². The van der Waals surface area contributed by atoms with Crippen LogP contribution in [0.3, 0.4) is 0 Å². The van der Waals surface area contributed by atoms with Crippen LogP contribution < -0.4 is 5.01 Å². The van der Waals surface area contributed by atoms with E-state index in [1.54, 1.807) is 13.1 Å². The monoisotopic (exact) mass is 319 g/mol. The van der Waals surface area contributed by atoms with Gasteiger partial charge >= 0.3 is 0 Å². The van der Waals surface area contributed by atoms with Gasteiger partial charge in [-0.15, -0.1) is 0 Å². The molecule has 0 radical (unpaired) electrons. The minimum atomic E-state index is -2.96. The van der Waals surface area contributed by atoms with Gasteiger partial charge in [-0.3, -0.25) is 9.79 Å². The molecule has 6 nitrogen and oxygen atoms in total. The van der Waals surface area contributed by atoms with Crippen LogP contribution in [0.5, 0.6) is 0 Å². The van der Waals surface area contributed by atoms with Crippen molar-refractivity contribution in [3.63, 3.8) is 0 Å². The van der Waals surface area contributed by atoms with E-state index in [1.165, 1.54) is 5.01 Å². The van der Waals surface area contributed by atoms with Gasteiger partial charge in [-0.05, 0) is 25.5 Å². The molecule has 0 spiro atoms. The highest BCUT2D eigenvalue weighted by atomic mass is 32.2. The first-order chi connectivity index (χ1) is 10.5. The smallest absolute Gasteiger partial charge is 0.261 e. The topological polar surface area (TPSA) is 79.2 Å². The Morgan fingerprint density at radius 2 is 2.05 bits per heavy atom. The zero-order chi connectivity index (χ0) is 15.7. The van der Waals surface area contributed by atoms with Crippen molar-refractivity contribution in [2.45, 2.75) is 19.4 Å². The lowest BCUT2D eigenvalue weighted by molar-refractivity contribution is -0.118. The van der Waals surface area contributed by atoms with E-state index < -0.39 is 15.8 Å². The first kappa shape index (κ1) is 14.9. The predicted octanol–water partition coefficient (Wildman–Crippen LogP) is 1.28. The molecule has 3 rings (SSSR count). The van der Waals surface area contributed by atoms with Gasteiger partial charge in [0.15, 0.2) is 9.84 Å². The number of sulfone groups is 1. The van der Waals surface area contributed by atoms with E-state index in [0.29, 0.717) is 17.8 Å². The van der Waals surface area contributed by atoms with Crippen LogP contribution in [0.25, 0.3) is 0 Å². The Morgan fingerprint density at radius 3 is 2.68 bits per heavy atom. The molecular weight excluding hydrogens is 302 g/mol. The Labute approximate surface area is 129 Å². The second-order valence-electron chi connectivity index (χ2n) is 5.56. The molecule has 0 unspecified atom stereocenters. The lowest BCUT2D eigenvalue weighted by atomic mass is 10.1. The Hall–Kier alpha value is -2.02. The Morgan fingerprint density at radius 1 is 1.32 bits per heavy atom. The molecule has 2 aliphatic heterocycles. The number of hydrogen-bond donors (Lipinski definition) is 0. The highest BCUT2D eigenvalue weighted by Gasteiger charge is 2.34. The van der Waals surface area contributed by atoms with Crippen LogP contribution >= 0.6 is 0 Å². The molecule has 0 aliphatic carbocycles. The molecular formula is C15H17N3O3S. The van der Waals surface area contributed by atoms with Crippen LogP contribution in [0, 0.1) is 5.92 Å². The molecule has 2 aliphatic rings. The fraction of sp³-hybridized carbons (Fsp3) is 0.400. The minimum Gasteiger partial charge on any atom is -0.292 e. The molecule has 0 aromatic heterocycles. The summed E-state index contributed by atoms with van der Waals surface area (Å²) >= 11 is 0. The number of anilines is 1. The summed E-state index contributed by atoms with van der Waals surface area (Å²) < 4.78 is 22.9. The number of hydrogen-bond acceptors (Lipinski definition) is 5. The maximum absolute atomic E-state index is 12.5. The average Bonchev–Trinajstić information content (AvgIpc) is 2.98. The van der Waals surface area contributed by atoms with E-state index in [4.69, 9.17) is 0 Å². The zero-order valence-corrected chi connectivity index (χ0v) is 13.0. The number of carbonyl (C=O) groups is 1. The molecule has 1 aromatic rings. The maximum atomic E-state index is 12.5. The third-order valence-corrected chi connectivity index (χ3v) is 5.59. The summed E-state index contributed by atoms with van der Waals surface area (Å²) in [6.45, 7) is 1.78. The zero-order valence-electron chi connectivity index (χ0n) is 12.2. The molecule has 22 heavy (non-hydrogen) atoms. The van der Waals surface area contributed by atoms with Crippen LogP contribution in [-0.4, -0.2) is 43.8 Å². The van der Waals surface area contributed by atoms with Gasteiger partial charge < -0.3 is 0 Å². The summed E-state index contributed by atoms with van der Waals surface area (Å²) in [7, 11) is -2.96. The van der Waals surface area contributed by atoms with Crippen LogP contribution in [0.1, 0.15) is 13.3 Å². The molecule has 1 fully saturated rings. The van der Waals surface area contributed by atoms with Crippen molar-refractivity contribution in [3.05, 3.63) is 30.3 Å². The van der Waals surface area contributed by atoms with E-state index in [-0.39, 0.29) is 23.5 Å².